The van der Waals surface area contributed by atoms with Gasteiger partial charge in [0.25, 0.3) is 0 Å². The molecule has 0 radical (unpaired) electrons. The Labute approximate surface area is 154 Å². The van der Waals surface area contributed by atoms with E-state index in [-0.39, 0.29) is 0 Å². The van der Waals surface area contributed by atoms with Gasteiger partial charge in [-0.15, -0.1) is 0 Å². The number of hydrogen-bond donors (Lipinski definition) is 0. The third-order valence-electron chi connectivity index (χ3n) is 5.57. The van der Waals surface area contributed by atoms with Gasteiger partial charge in [0.15, 0.2) is 0 Å². The highest BCUT2D eigenvalue weighted by Gasteiger charge is 2.28. The van der Waals surface area contributed by atoms with Crippen molar-refractivity contribution in [3.8, 4) is 0 Å². The summed E-state index contributed by atoms with van der Waals surface area (Å²) in [6.07, 6.45) is 9.77. The first kappa shape index (κ1) is 18.0. The van der Waals surface area contributed by atoms with E-state index in [0.29, 0.717) is 5.92 Å². The molecule has 1 atom stereocenters. The first-order valence-corrected chi connectivity index (χ1v) is 10.1. The summed E-state index contributed by atoms with van der Waals surface area (Å²) >= 11 is 0. The summed E-state index contributed by atoms with van der Waals surface area (Å²) in [5.41, 5.74) is 10.7. The Balaban J connectivity index is 2.12. The number of benzene rings is 2. The van der Waals surface area contributed by atoms with Crippen molar-refractivity contribution in [3.63, 3.8) is 0 Å². The van der Waals surface area contributed by atoms with Crippen LogP contribution in [0.25, 0.3) is 11.6 Å². The lowest BCUT2D eigenvalue weighted by Gasteiger charge is -2.22. The second-order valence-electron chi connectivity index (χ2n) is 7.46. The molecule has 0 saturated heterocycles. The van der Waals surface area contributed by atoms with Gasteiger partial charge >= 0.3 is 0 Å². The molecule has 1 aliphatic carbocycles. The highest BCUT2D eigenvalue weighted by Crippen LogP contribution is 2.47. The van der Waals surface area contributed by atoms with E-state index in [4.69, 9.17) is 0 Å². The molecular weight excluding hydrogens is 300 g/mol. The second kappa shape index (κ2) is 8.04. The van der Waals surface area contributed by atoms with Crippen molar-refractivity contribution in [1.29, 1.82) is 0 Å². The van der Waals surface area contributed by atoms with E-state index < -0.39 is 0 Å². The van der Waals surface area contributed by atoms with Crippen LogP contribution in [0.4, 0.5) is 0 Å². The van der Waals surface area contributed by atoms with Crippen molar-refractivity contribution in [2.45, 2.75) is 72.1 Å². The van der Waals surface area contributed by atoms with Crippen LogP contribution < -0.4 is 0 Å². The number of rotatable bonds is 7. The molecule has 0 fully saturated rings. The zero-order valence-electron chi connectivity index (χ0n) is 16.4. The normalized spacial score (nSPS) is 16.0. The zero-order chi connectivity index (χ0) is 17.8. The van der Waals surface area contributed by atoms with Crippen LogP contribution in [-0.2, 0) is 12.8 Å². The van der Waals surface area contributed by atoms with Crippen LogP contribution in [0.5, 0.6) is 0 Å². The summed E-state index contributed by atoms with van der Waals surface area (Å²) in [4.78, 5) is 0. The molecule has 0 N–H and O–H groups in total. The third-order valence-corrected chi connectivity index (χ3v) is 5.57. The minimum absolute atomic E-state index is 0.564. The molecule has 0 bridgehead atoms. The van der Waals surface area contributed by atoms with Gasteiger partial charge < -0.3 is 0 Å². The summed E-state index contributed by atoms with van der Waals surface area (Å²) in [5, 5.41) is 0. The standard InChI is InChI=1S/C25H32/c1-5-10-19-14-9-16-22(21(19)11-6-2)24-17-20-15-8-13-18(4)25(20)23(24)12-7-3/h8-9,13-17,23H,5-7,10-12H2,1-4H3. The van der Waals surface area contributed by atoms with Crippen LogP contribution in [0.3, 0.4) is 0 Å². The van der Waals surface area contributed by atoms with Crippen LogP contribution in [-0.4, -0.2) is 0 Å². The van der Waals surface area contributed by atoms with Crippen molar-refractivity contribution in [1.82, 2.24) is 0 Å². The van der Waals surface area contributed by atoms with Crippen molar-refractivity contribution in [2.24, 2.45) is 0 Å². The zero-order valence-corrected chi connectivity index (χ0v) is 16.4. The molecule has 0 heteroatoms. The average molecular weight is 333 g/mol. The molecule has 1 unspecified atom stereocenters. The maximum Gasteiger partial charge on any atom is 0.0104 e. The predicted molar refractivity (Wildman–Crippen MR) is 111 cm³/mol. The van der Waals surface area contributed by atoms with Gasteiger partial charge in [0.2, 0.25) is 0 Å². The van der Waals surface area contributed by atoms with Crippen molar-refractivity contribution < 1.29 is 0 Å². The summed E-state index contributed by atoms with van der Waals surface area (Å²) in [6.45, 7) is 9.18. The Kier molecular flexibility index (Phi) is 5.78. The van der Waals surface area contributed by atoms with Crippen molar-refractivity contribution in [3.05, 3.63) is 69.8 Å². The van der Waals surface area contributed by atoms with E-state index in [9.17, 15) is 0 Å². The van der Waals surface area contributed by atoms with E-state index in [1.807, 2.05) is 0 Å². The van der Waals surface area contributed by atoms with Gasteiger partial charge in [0.1, 0.15) is 0 Å². The molecule has 0 aliphatic heterocycles. The largest absolute Gasteiger partial charge is 0.0653 e. The van der Waals surface area contributed by atoms with E-state index >= 15 is 0 Å². The first-order chi connectivity index (χ1) is 12.2. The Hall–Kier alpha value is -1.82. The van der Waals surface area contributed by atoms with Crippen molar-refractivity contribution in [2.75, 3.05) is 0 Å². The van der Waals surface area contributed by atoms with Crippen LogP contribution in [0.2, 0.25) is 0 Å². The highest BCUT2D eigenvalue weighted by atomic mass is 14.3. The van der Waals surface area contributed by atoms with Gasteiger partial charge in [-0.3, -0.25) is 0 Å². The number of fused-ring (bicyclic) bond motifs is 1. The monoisotopic (exact) mass is 332 g/mol. The van der Waals surface area contributed by atoms with E-state index in [1.54, 1.807) is 22.3 Å². The summed E-state index contributed by atoms with van der Waals surface area (Å²) in [6, 6.07) is 13.8. The Morgan fingerprint density at radius 3 is 2.32 bits per heavy atom. The number of allylic oxidation sites excluding steroid dienone is 1. The lowest BCUT2D eigenvalue weighted by Crippen LogP contribution is -2.05. The molecule has 132 valence electrons. The Morgan fingerprint density at radius 1 is 0.840 bits per heavy atom. The Morgan fingerprint density at radius 2 is 1.60 bits per heavy atom. The van der Waals surface area contributed by atoms with Crippen LogP contribution >= 0.6 is 0 Å². The van der Waals surface area contributed by atoms with Crippen LogP contribution in [0, 0.1) is 6.92 Å². The Bertz CT molecular complexity index is 764. The maximum absolute atomic E-state index is 2.48. The molecular formula is C25H32. The lowest BCUT2D eigenvalue weighted by molar-refractivity contribution is 0.731. The van der Waals surface area contributed by atoms with E-state index in [0.717, 1.165) is 0 Å². The molecule has 0 heterocycles. The number of aryl methyl sites for hydroxylation is 2. The summed E-state index contributed by atoms with van der Waals surface area (Å²) in [5.74, 6) is 0.564. The van der Waals surface area contributed by atoms with Gasteiger partial charge in [0.05, 0.1) is 0 Å². The van der Waals surface area contributed by atoms with Crippen LogP contribution in [0.15, 0.2) is 36.4 Å². The average Bonchev–Trinajstić information content (AvgIpc) is 2.97. The van der Waals surface area contributed by atoms with Gasteiger partial charge in [-0.25, -0.2) is 0 Å². The van der Waals surface area contributed by atoms with Gasteiger partial charge in [-0.1, -0.05) is 82.5 Å². The predicted octanol–water partition coefficient (Wildman–Crippen LogP) is 7.34. The molecule has 0 saturated carbocycles. The smallest absolute Gasteiger partial charge is 0.0104 e. The van der Waals surface area contributed by atoms with Crippen molar-refractivity contribution >= 4 is 11.6 Å². The molecule has 2 aromatic carbocycles. The highest BCUT2D eigenvalue weighted by molar-refractivity contribution is 5.93. The molecule has 1 aliphatic rings. The first-order valence-electron chi connectivity index (χ1n) is 10.1. The fourth-order valence-electron chi connectivity index (χ4n) is 4.54. The molecule has 0 nitrogen and oxygen atoms in total. The summed E-state index contributed by atoms with van der Waals surface area (Å²) in [7, 11) is 0. The summed E-state index contributed by atoms with van der Waals surface area (Å²) < 4.78 is 0. The van der Waals surface area contributed by atoms with Gasteiger partial charge in [-0.2, -0.15) is 0 Å². The van der Waals surface area contributed by atoms with Crippen LogP contribution in [0.1, 0.15) is 85.8 Å². The molecule has 3 rings (SSSR count). The molecule has 0 amide bonds. The topological polar surface area (TPSA) is 0 Å². The van der Waals surface area contributed by atoms with Gasteiger partial charge in [0, 0.05) is 5.92 Å². The third kappa shape index (κ3) is 3.45. The molecule has 0 spiro atoms. The van der Waals surface area contributed by atoms with E-state index in [2.05, 4.69) is 70.2 Å². The fraction of sp³-hybridized carbons (Fsp3) is 0.440. The quantitative estimate of drug-likeness (QED) is 0.497. The molecule has 25 heavy (non-hydrogen) atoms. The van der Waals surface area contributed by atoms with E-state index in [1.165, 1.54) is 55.2 Å². The second-order valence-corrected chi connectivity index (χ2v) is 7.46. The minimum atomic E-state index is 0.564. The van der Waals surface area contributed by atoms with Gasteiger partial charge in [-0.05, 0) is 65.1 Å². The SMILES string of the molecule is CCCc1cccc(C2=Cc3cccc(C)c3C2CCC)c1CCC. The maximum atomic E-state index is 2.48. The number of hydrogen-bond acceptors (Lipinski definition) is 0. The minimum Gasteiger partial charge on any atom is -0.0653 e. The lowest BCUT2D eigenvalue weighted by atomic mass is 9.82. The molecule has 2 aromatic rings. The fourth-order valence-corrected chi connectivity index (χ4v) is 4.54. The molecule has 0 aromatic heterocycles.